The molecule has 3 rings (SSSR count). The zero-order valence-electron chi connectivity index (χ0n) is 18.5. The molecule has 4 nitrogen and oxygen atoms in total. The first-order chi connectivity index (χ1) is 15.6. The number of thioether (sulfide) groups is 1. The van der Waals surface area contributed by atoms with Crippen LogP contribution in [0.3, 0.4) is 0 Å². The first-order valence-corrected chi connectivity index (χ1v) is 13.2. The normalized spacial score (nSPS) is 18.4. The summed E-state index contributed by atoms with van der Waals surface area (Å²) in [6.07, 6.45) is 1.14. The molecule has 0 aliphatic carbocycles. The highest BCUT2D eigenvalue weighted by atomic mass is 35.5. The van der Waals surface area contributed by atoms with Crippen LogP contribution in [-0.2, 0) is 6.18 Å². The Morgan fingerprint density at radius 1 is 1.15 bits per heavy atom. The summed E-state index contributed by atoms with van der Waals surface area (Å²) in [4.78, 5) is 13.4. The topological polar surface area (TPSA) is 35.9 Å². The molecule has 178 valence electrons. The number of hydrazone groups is 1. The van der Waals surface area contributed by atoms with Crippen molar-refractivity contribution in [3.8, 4) is 0 Å². The molecule has 2 amide bonds. The lowest BCUT2D eigenvalue weighted by Crippen LogP contribution is -2.39. The number of alkyl halides is 3. The van der Waals surface area contributed by atoms with E-state index in [-0.39, 0.29) is 5.41 Å². The summed E-state index contributed by atoms with van der Waals surface area (Å²) in [6, 6.07) is 11.5. The minimum atomic E-state index is -4.43. The van der Waals surface area contributed by atoms with E-state index in [4.69, 9.17) is 11.6 Å². The molecule has 2 aromatic carbocycles. The second kappa shape index (κ2) is 10.6. The van der Waals surface area contributed by atoms with E-state index in [2.05, 4.69) is 18.3 Å². The molecule has 2 aromatic rings. The maximum absolute atomic E-state index is 13.4. The first-order valence-electron chi connectivity index (χ1n) is 10.3. The third kappa shape index (κ3) is 6.00. The lowest BCUT2D eigenvalue weighted by molar-refractivity contribution is -0.137. The van der Waals surface area contributed by atoms with E-state index in [0.29, 0.717) is 17.3 Å². The second-order valence-corrected chi connectivity index (χ2v) is 10.1. The molecule has 10 heteroatoms. The van der Waals surface area contributed by atoms with E-state index in [1.54, 1.807) is 30.2 Å². The van der Waals surface area contributed by atoms with Crippen LogP contribution < -0.4 is 4.31 Å². The van der Waals surface area contributed by atoms with Gasteiger partial charge < -0.3 is 0 Å². The molecule has 0 spiro atoms. The SMILES string of the molecule is CSCCCC1(C)CN(C(=O)N(SC)c2ccc(C(F)(F)F)cc2)N=C1c1ccc(Cl)cc1. The molecule has 1 unspecified atom stereocenters. The maximum Gasteiger partial charge on any atom is 0.416 e. The molecule has 0 saturated carbocycles. The Morgan fingerprint density at radius 2 is 1.79 bits per heavy atom. The zero-order valence-corrected chi connectivity index (χ0v) is 20.9. The molecule has 1 heterocycles. The Bertz CT molecular complexity index is 1000. The van der Waals surface area contributed by atoms with Crippen LogP contribution in [-0.4, -0.2) is 41.6 Å². The minimum absolute atomic E-state index is 0.358. The molecule has 0 aromatic heterocycles. The molecule has 0 N–H and O–H groups in total. The van der Waals surface area contributed by atoms with Crippen LogP contribution in [0.1, 0.15) is 30.9 Å². The van der Waals surface area contributed by atoms with E-state index >= 15 is 0 Å². The van der Waals surface area contributed by atoms with E-state index in [9.17, 15) is 18.0 Å². The number of urea groups is 1. The number of nitrogens with zero attached hydrogens (tertiary/aromatic N) is 3. The molecule has 1 atom stereocenters. The number of carbonyl (C=O) groups is 1. The standard InChI is InChI=1S/C23H25ClF3N3OS2/c1-22(13-4-14-32-2)15-29(28-20(22)16-5-9-18(24)10-6-16)21(31)30(33-3)19-11-7-17(8-12-19)23(25,26)27/h5-12H,4,13-15H2,1-3H3. The Labute approximate surface area is 205 Å². The molecule has 1 aliphatic rings. The van der Waals surface area contributed by atoms with Crippen molar-refractivity contribution in [1.29, 1.82) is 0 Å². The molecule has 0 bridgehead atoms. The van der Waals surface area contributed by atoms with Gasteiger partial charge in [-0.25, -0.2) is 14.1 Å². The van der Waals surface area contributed by atoms with Crippen LogP contribution in [0, 0.1) is 5.41 Å². The number of anilines is 1. The summed E-state index contributed by atoms with van der Waals surface area (Å²) in [7, 11) is 0. The predicted octanol–water partition coefficient (Wildman–Crippen LogP) is 7.43. The van der Waals surface area contributed by atoms with Crippen molar-refractivity contribution in [3.05, 3.63) is 64.7 Å². The number of benzene rings is 2. The summed E-state index contributed by atoms with van der Waals surface area (Å²) >= 11 is 8.94. The van der Waals surface area contributed by atoms with Crippen molar-refractivity contribution in [1.82, 2.24) is 5.01 Å². The predicted molar refractivity (Wildman–Crippen MR) is 133 cm³/mol. The fraction of sp³-hybridized carbons (Fsp3) is 0.391. The van der Waals surface area contributed by atoms with Crippen LogP contribution >= 0.6 is 35.3 Å². The largest absolute Gasteiger partial charge is 0.416 e. The average Bonchev–Trinajstić information content (AvgIpc) is 3.12. The van der Waals surface area contributed by atoms with Crippen LogP contribution in [0.4, 0.5) is 23.7 Å². The van der Waals surface area contributed by atoms with E-state index in [1.165, 1.54) is 21.4 Å². The van der Waals surface area contributed by atoms with Gasteiger partial charge in [0.1, 0.15) is 0 Å². The summed E-state index contributed by atoms with van der Waals surface area (Å²) in [6.45, 7) is 2.48. The summed E-state index contributed by atoms with van der Waals surface area (Å²) in [5.41, 5.74) is 0.947. The highest BCUT2D eigenvalue weighted by Crippen LogP contribution is 2.38. The van der Waals surface area contributed by atoms with E-state index in [0.717, 1.165) is 54.0 Å². The van der Waals surface area contributed by atoms with Gasteiger partial charge in [-0.1, -0.05) is 30.7 Å². The van der Waals surface area contributed by atoms with Crippen molar-refractivity contribution < 1.29 is 18.0 Å². The van der Waals surface area contributed by atoms with Gasteiger partial charge in [0.05, 0.1) is 23.5 Å². The van der Waals surface area contributed by atoms with Crippen LogP contribution in [0.25, 0.3) is 0 Å². The average molecular weight is 516 g/mol. The number of halogens is 4. The number of amides is 2. The fourth-order valence-corrected chi connectivity index (χ4v) is 4.94. The summed E-state index contributed by atoms with van der Waals surface area (Å²) < 4.78 is 40.1. The minimum Gasteiger partial charge on any atom is -0.245 e. The van der Waals surface area contributed by atoms with Crippen molar-refractivity contribution in [3.63, 3.8) is 0 Å². The Hall–Kier alpha value is -1.84. The molecule has 1 aliphatic heterocycles. The van der Waals surface area contributed by atoms with Gasteiger partial charge in [-0.15, -0.1) is 0 Å². The molecule has 0 fully saturated rings. The molecular formula is C23H25ClF3N3OS2. The van der Waals surface area contributed by atoms with Gasteiger partial charge in [0, 0.05) is 16.7 Å². The van der Waals surface area contributed by atoms with Gasteiger partial charge in [-0.3, -0.25) is 0 Å². The third-order valence-electron chi connectivity index (χ3n) is 5.49. The molecule has 33 heavy (non-hydrogen) atoms. The van der Waals surface area contributed by atoms with Crippen molar-refractivity contribution in [2.24, 2.45) is 10.5 Å². The van der Waals surface area contributed by atoms with Crippen LogP contribution in [0.2, 0.25) is 5.02 Å². The lowest BCUT2D eigenvalue weighted by Gasteiger charge is -2.28. The number of hydrogen-bond acceptors (Lipinski definition) is 4. The van der Waals surface area contributed by atoms with Crippen molar-refractivity contribution in [2.45, 2.75) is 25.9 Å². The van der Waals surface area contributed by atoms with Crippen LogP contribution in [0.15, 0.2) is 53.6 Å². The molecule has 0 radical (unpaired) electrons. The summed E-state index contributed by atoms with van der Waals surface area (Å²) in [5, 5.41) is 6.72. The Morgan fingerprint density at radius 3 is 2.33 bits per heavy atom. The number of rotatable bonds is 7. The highest BCUT2D eigenvalue weighted by Gasteiger charge is 2.42. The van der Waals surface area contributed by atoms with Crippen molar-refractivity contribution in [2.75, 3.05) is 29.1 Å². The monoisotopic (exact) mass is 515 g/mol. The van der Waals surface area contributed by atoms with Gasteiger partial charge in [-0.05, 0) is 78.8 Å². The van der Waals surface area contributed by atoms with Crippen molar-refractivity contribution >= 4 is 52.7 Å². The maximum atomic E-state index is 13.4. The fourth-order valence-electron chi connectivity index (χ4n) is 3.80. The zero-order chi connectivity index (χ0) is 24.2. The summed E-state index contributed by atoms with van der Waals surface area (Å²) in [5.74, 6) is 1.000. The van der Waals surface area contributed by atoms with Gasteiger partial charge in [0.2, 0.25) is 0 Å². The lowest BCUT2D eigenvalue weighted by atomic mass is 9.78. The smallest absolute Gasteiger partial charge is 0.245 e. The highest BCUT2D eigenvalue weighted by molar-refractivity contribution is 8.00. The Balaban J connectivity index is 1.89. The quantitative estimate of drug-likeness (QED) is 0.284. The number of carbonyl (C=O) groups excluding carboxylic acids is 1. The second-order valence-electron chi connectivity index (χ2n) is 7.97. The van der Waals surface area contributed by atoms with Gasteiger partial charge in [-0.2, -0.15) is 30.0 Å². The van der Waals surface area contributed by atoms with E-state index in [1.807, 2.05) is 12.1 Å². The third-order valence-corrected chi connectivity index (χ3v) is 7.17. The van der Waals surface area contributed by atoms with Gasteiger partial charge in [0.25, 0.3) is 0 Å². The molecule has 0 saturated heterocycles. The van der Waals surface area contributed by atoms with Crippen LogP contribution in [0.5, 0.6) is 0 Å². The van der Waals surface area contributed by atoms with E-state index < -0.39 is 17.8 Å². The first kappa shape index (κ1) is 25.8. The van der Waals surface area contributed by atoms with Gasteiger partial charge in [0.15, 0.2) is 0 Å². The number of hydrogen-bond donors (Lipinski definition) is 0. The Kier molecular flexibility index (Phi) is 8.29. The molecular weight excluding hydrogens is 491 g/mol. The van der Waals surface area contributed by atoms with Gasteiger partial charge >= 0.3 is 12.2 Å².